The van der Waals surface area contributed by atoms with Crippen LogP contribution in [-0.2, 0) is 14.8 Å². The molecule has 0 radical (unpaired) electrons. The van der Waals surface area contributed by atoms with Crippen LogP contribution in [0.3, 0.4) is 0 Å². The molecule has 0 N–H and O–H groups in total. The highest BCUT2D eigenvalue weighted by molar-refractivity contribution is 7.88. The number of carbonyl (C=O) groups is 2. The minimum Gasteiger partial charge on any atom is -0.459 e. The van der Waals surface area contributed by atoms with E-state index >= 15 is 0 Å². The highest BCUT2D eigenvalue weighted by Gasteiger charge is 2.34. The highest BCUT2D eigenvalue weighted by Crippen LogP contribution is 2.21. The number of carbonyl (C=O) groups excluding carboxylic acids is 2. The number of furan rings is 1. The van der Waals surface area contributed by atoms with Crippen LogP contribution < -0.4 is 0 Å². The quantitative estimate of drug-likeness (QED) is 0.761. The van der Waals surface area contributed by atoms with Gasteiger partial charge in [-0.15, -0.1) is 0 Å². The van der Waals surface area contributed by atoms with Crippen molar-refractivity contribution in [3.63, 3.8) is 0 Å². The molecule has 2 aliphatic rings. The summed E-state index contributed by atoms with van der Waals surface area (Å²) in [6.07, 6.45) is 4.04. The van der Waals surface area contributed by atoms with E-state index in [0.29, 0.717) is 51.3 Å². The van der Waals surface area contributed by atoms with Crippen LogP contribution in [0.4, 0.5) is 0 Å². The van der Waals surface area contributed by atoms with Crippen LogP contribution in [-0.4, -0.2) is 79.9 Å². The van der Waals surface area contributed by atoms with E-state index in [4.69, 9.17) is 4.42 Å². The Kier molecular flexibility index (Phi) is 5.14. The maximum Gasteiger partial charge on any atom is 0.289 e. The van der Waals surface area contributed by atoms with Crippen molar-refractivity contribution in [2.24, 2.45) is 5.92 Å². The summed E-state index contributed by atoms with van der Waals surface area (Å²) in [4.78, 5) is 28.4. The van der Waals surface area contributed by atoms with E-state index in [1.165, 1.54) is 16.8 Å². The fraction of sp³-hybridized carbons (Fsp3) is 0.625. The van der Waals surface area contributed by atoms with Crippen LogP contribution in [0.25, 0.3) is 0 Å². The van der Waals surface area contributed by atoms with E-state index in [-0.39, 0.29) is 24.3 Å². The molecule has 3 heterocycles. The second kappa shape index (κ2) is 7.17. The van der Waals surface area contributed by atoms with E-state index in [2.05, 4.69) is 0 Å². The molecule has 2 saturated heterocycles. The van der Waals surface area contributed by atoms with Gasteiger partial charge < -0.3 is 14.2 Å². The third-order valence-electron chi connectivity index (χ3n) is 4.81. The van der Waals surface area contributed by atoms with Gasteiger partial charge in [0.25, 0.3) is 5.91 Å². The second-order valence-electron chi connectivity index (χ2n) is 6.55. The standard InChI is InChI=1S/C16H23N3O5S/c1-25(22,23)19-6-2-4-13(12-19)15(20)17-7-9-18(10-8-17)16(21)14-5-3-11-24-14/h3,5,11,13H,2,4,6-10,12H2,1H3/t13-/m0/s1. The predicted octanol–water partition coefficient (Wildman–Crippen LogP) is 0.236. The minimum atomic E-state index is -3.27. The molecule has 9 heteroatoms. The van der Waals surface area contributed by atoms with E-state index in [1.807, 2.05) is 0 Å². The first kappa shape index (κ1) is 17.9. The summed E-state index contributed by atoms with van der Waals surface area (Å²) in [6, 6.07) is 3.30. The first-order valence-corrected chi connectivity index (χ1v) is 10.3. The Bertz CT molecular complexity index is 723. The summed E-state index contributed by atoms with van der Waals surface area (Å²) < 4.78 is 29.9. The zero-order chi connectivity index (χ0) is 18.0. The average Bonchev–Trinajstić information content (AvgIpc) is 3.15. The molecule has 2 aliphatic heterocycles. The second-order valence-corrected chi connectivity index (χ2v) is 8.54. The number of sulfonamides is 1. The Morgan fingerprint density at radius 1 is 1.12 bits per heavy atom. The summed E-state index contributed by atoms with van der Waals surface area (Å²) in [5.41, 5.74) is 0. The summed E-state index contributed by atoms with van der Waals surface area (Å²) in [5.74, 6) is -0.178. The van der Waals surface area contributed by atoms with Gasteiger partial charge in [0.15, 0.2) is 5.76 Å². The topological polar surface area (TPSA) is 91.1 Å². The monoisotopic (exact) mass is 369 g/mol. The molecular weight excluding hydrogens is 346 g/mol. The fourth-order valence-electron chi connectivity index (χ4n) is 3.39. The summed E-state index contributed by atoms with van der Waals surface area (Å²) in [5, 5.41) is 0. The number of amides is 2. The van der Waals surface area contributed by atoms with Crippen molar-refractivity contribution in [1.82, 2.24) is 14.1 Å². The summed E-state index contributed by atoms with van der Waals surface area (Å²) in [7, 11) is -3.27. The van der Waals surface area contributed by atoms with E-state index in [9.17, 15) is 18.0 Å². The van der Waals surface area contributed by atoms with Crippen LogP contribution in [0.2, 0.25) is 0 Å². The van der Waals surface area contributed by atoms with E-state index < -0.39 is 10.0 Å². The fourth-order valence-corrected chi connectivity index (χ4v) is 4.30. The molecular formula is C16H23N3O5S. The first-order valence-electron chi connectivity index (χ1n) is 8.43. The van der Waals surface area contributed by atoms with E-state index in [0.717, 1.165) is 0 Å². The number of piperazine rings is 1. The molecule has 1 aromatic rings. The highest BCUT2D eigenvalue weighted by atomic mass is 32.2. The van der Waals surface area contributed by atoms with Crippen molar-refractivity contribution in [1.29, 1.82) is 0 Å². The molecule has 25 heavy (non-hydrogen) atoms. The molecule has 138 valence electrons. The van der Waals surface area contributed by atoms with Crippen LogP contribution in [0.5, 0.6) is 0 Å². The number of hydrogen-bond acceptors (Lipinski definition) is 5. The minimum absolute atomic E-state index is 0.0153. The van der Waals surface area contributed by atoms with Crippen molar-refractivity contribution in [3.8, 4) is 0 Å². The van der Waals surface area contributed by atoms with Crippen LogP contribution in [0.1, 0.15) is 23.4 Å². The molecule has 2 fully saturated rings. The molecule has 1 atom stereocenters. The molecule has 0 aromatic carbocycles. The normalized spacial score (nSPS) is 22.8. The zero-order valence-corrected chi connectivity index (χ0v) is 15.1. The first-order chi connectivity index (χ1) is 11.9. The molecule has 3 rings (SSSR count). The Morgan fingerprint density at radius 2 is 1.80 bits per heavy atom. The maximum atomic E-state index is 12.7. The molecule has 0 unspecified atom stereocenters. The van der Waals surface area contributed by atoms with Gasteiger partial charge in [0.2, 0.25) is 15.9 Å². The molecule has 8 nitrogen and oxygen atoms in total. The third kappa shape index (κ3) is 4.04. The third-order valence-corrected chi connectivity index (χ3v) is 6.08. The van der Waals surface area contributed by atoms with Gasteiger partial charge in [-0.1, -0.05) is 0 Å². The van der Waals surface area contributed by atoms with Crippen LogP contribution in [0.15, 0.2) is 22.8 Å². The van der Waals surface area contributed by atoms with Gasteiger partial charge in [0.05, 0.1) is 18.4 Å². The van der Waals surface area contributed by atoms with Gasteiger partial charge in [-0.2, -0.15) is 0 Å². The molecule has 1 aromatic heterocycles. The lowest BCUT2D eigenvalue weighted by molar-refractivity contribution is -0.138. The Balaban J connectivity index is 1.55. The van der Waals surface area contributed by atoms with Gasteiger partial charge in [-0.3, -0.25) is 9.59 Å². The Hall–Kier alpha value is -1.87. The summed E-state index contributed by atoms with van der Waals surface area (Å²) >= 11 is 0. The smallest absolute Gasteiger partial charge is 0.289 e. The van der Waals surface area contributed by atoms with Gasteiger partial charge in [0, 0.05) is 39.3 Å². The number of hydrogen-bond donors (Lipinski definition) is 0. The van der Waals surface area contributed by atoms with Gasteiger partial charge in [-0.05, 0) is 25.0 Å². The maximum absolute atomic E-state index is 12.7. The van der Waals surface area contributed by atoms with Crippen molar-refractivity contribution >= 4 is 21.8 Å². The van der Waals surface area contributed by atoms with Crippen LogP contribution >= 0.6 is 0 Å². The number of piperidine rings is 1. The average molecular weight is 369 g/mol. The number of rotatable bonds is 3. The molecule has 0 aliphatic carbocycles. The number of nitrogens with zero attached hydrogens (tertiary/aromatic N) is 3. The lowest BCUT2D eigenvalue weighted by Crippen LogP contribution is -2.54. The van der Waals surface area contributed by atoms with Crippen LogP contribution in [0, 0.1) is 5.92 Å². The van der Waals surface area contributed by atoms with Crippen molar-refractivity contribution in [2.45, 2.75) is 12.8 Å². The van der Waals surface area contributed by atoms with Gasteiger partial charge in [0.1, 0.15) is 0 Å². The zero-order valence-electron chi connectivity index (χ0n) is 14.3. The molecule has 0 spiro atoms. The predicted molar refractivity (Wildman–Crippen MR) is 90.3 cm³/mol. The van der Waals surface area contributed by atoms with Gasteiger partial charge in [-0.25, -0.2) is 12.7 Å². The van der Waals surface area contributed by atoms with Crippen molar-refractivity contribution in [2.75, 3.05) is 45.5 Å². The lowest BCUT2D eigenvalue weighted by atomic mass is 9.97. The lowest BCUT2D eigenvalue weighted by Gasteiger charge is -2.38. The molecule has 2 amide bonds. The summed E-state index contributed by atoms with van der Waals surface area (Å²) in [6.45, 7) is 2.56. The molecule has 0 bridgehead atoms. The van der Waals surface area contributed by atoms with Crippen molar-refractivity contribution < 1.29 is 22.4 Å². The Morgan fingerprint density at radius 3 is 2.40 bits per heavy atom. The largest absolute Gasteiger partial charge is 0.459 e. The van der Waals surface area contributed by atoms with Gasteiger partial charge >= 0.3 is 0 Å². The SMILES string of the molecule is CS(=O)(=O)N1CCC[C@H](C(=O)N2CCN(C(=O)c3ccco3)CC2)C1. The van der Waals surface area contributed by atoms with E-state index in [1.54, 1.807) is 21.9 Å². The van der Waals surface area contributed by atoms with Crippen molar-refractivity contribution in [3.05, 3.63) is 24.2 Å². The Labute approximate surface area is 147 Å². The molecule has 0 saturated carbocycles.